The van der Waals surface area contributed by atoms with Crippen molar-refractivity contribution < 1.29 is 0 Å². The summed E-state index contributed by atoms with van der Waals surface area (Å²) in [4.78, 5) is 2.53. The average molecular weight is 232 g/mol. The Morgan fingerprint density at radius 3 is 3.06 bits per heavy atom. The van der Waals surface area contributed by atoms with E-state index in [4.69, 9.17) is 0 Å². The second kappa shape index (κ2) is 6.06. The van der Waals surface area contributed by atoms with Crippen molar-refractivity contribution in [3.63, 3.8) is 0 Å². The Morgan fingerprint density at radius 2 is 2.29 bits per heavy atom. The van der Waals surface area contributed by atoms with Gasteiger partial charge in [-0.25, -0.2) is 0 Å². The molecule has 2 heteroatoms. The number of anilines is 1. The van der Waals surface area contributed by atoms with E-state index in [9.17, 15) is 0 Å². The Bertz CT molecular complexity index is 349. The quantitative estimate of drug-likeness (QED) is 0.785. The van der Waals surface area contributed by atoms with Crippen molar-refractivity contribution in [2.24, 2.45) is 5.92 Å². The van der Waals surface area contributed by atoms with Gasteiger partial charge in [0.25, 0.3) is 0 Å². The number of nitrogens with zero attached hydrogens (tertiary/aromatic N) is 1. The molecule has 0 aromatic heterocycles. The third-order valence-electron chi connectivity index (χ3n) is 3.63. The topological polar surface area (TPSA) is 15.3 Å². The zero-order chi connectivity index (χ0) is 12.1. The van der Waals surface area contributed by atoms with E-state index < -0.39 is 0 Å². The van der Waals surface area contributed by atoms with Crippen LogP contribution in [0.25, 0.3) is 0 Å². The minimum Gasteiger partial charge on any atom is -0.371 e. The zero-order valence-electron chi connectivity index (χ0n) is 11.1. The predicted molar refractivity (Wildman–Crippen MR) is 74.7 cm³/mol. The summed E-state index contributed by atoms with van der Waals surface area (Å²) in [5, 5.41) is 3.42. The van der Waals surface area contributed by atoms with Crippen molar-refractivity contribution >= 4 is 5.69 Å². The number of aryl methyl sites for hydroxylation is 1. The van der Waals surface area contributed by atoms with Gasteiger partial charge in [0.05, 0.1) is 0 Å². The predicted octanol–water partition coefficient (Wildman–Crippen LogP) is 2.82. The van der Waals surface area contributed by atoms with Crippen LogP contribution in [0.15, 0.2) is 24.3 Å². The lowest BCUT2D eigenvalue weighted by Gasteiger charge is -2.19. The first-order valence-corrected chi connectivity index (χ1v) is 6.82. The van der Waals surface area contributed by atoms with Gasteiger partial charge in [-0.15, -0.1) is 0 Å². The summed E-state index contributed by atoms with van der Waals surface area (Å²) >= 11 is 0. The second-order valence-corrected chi connectivity index (χ2v) is 5.08. The molecule has 94 valence electrons. The fraction of sp³-hybridized carbons (Fsp3) is 0.600. The summed E-state index contributed by atoms with van der Waals surface area (Å²) in [6.45, 7) is 9.06. The molecule has 1 heterocycles. The molecule has 1 fully saturated rings. The van der Waals surface area contributed by atoms with Gasteiger partial charge in [0.15, 0.2) is 0 Å². The maximum absolute atomic E-state index is 3.42. The lowest BCUT2D eigenvalue weighted by atomic mass is 10.1. The van der Waals surface area contributed by atoms with Gasteiger partial charge in [0.1, 0.15) is 0 Å². The molecule has 0 aliphatic carbocycles. The highest BCUT2D eigenvalue weighted by Gasteiger charge is 2.21. The molecule has 1 aromatic rings. The highest BCUT2D eigenvalue weighted by molar-refractivity contribution is 5.49. The number of hydrogen-bond donors (Lipinski definition) is 1. The van der Waals surface area contributed by atoms with Crippen LogP contribution in [0, 0.1) is 12.8 Å². The van der Waals surface area contributed by atoms with Crippen molar-refractivity contribution in [1.82, 2.24) is 5.32 Å². The number of benzene rings is 1. The molecule has 1 N–H and O–H groups in total. The summed E-state index contributed by atoms with van der Waals surface area (Å²) in [6, 6.07) is 8.87. The summed E-state index contributed by atoms with van der Waals surface area (Å²) in [5.41, 5.74) is 2.76. The monoisotopic (exact) mass is 232 g/mol. The molecule has 1 aliphatic heterocycles. The van der Waals surface area contributed by atoms with Crippen LogP contribution in [-0.2, 0) is 0 Å². The Balaban J connectivity index is 1.85. The molecule has 0 amide bonds. The van der Waals surface area contributed by atoms with Crippen LogP contribution < -0.4 is 10.2 Å². The van der Waals surface area contributed by atoms with Gasteiger partial charge in [-0.1, -0.05) is 19.1 Å². The van der Waals surface area contributed by atoms with E-state index in [1.165, 1.54) is 43.7 Å². The summed E-state index contributed by atoms with van der Waals surface area (Å²) < 4.78 is 0. The third kappa shape index (κ3) is 3.47. The zero-order valence-corrected chi connectivity index (χ0v) is 11.1. The normalized spacial score (nSPS) is 19.9. The molecule has 0 bridgehead atoms. The van der Waals surface area contributed by atoms with Gasteiger partial charge in [-0.05, 0) is 56.5 Å². The minimum atomic E-state index is 0.870. The van der Waals surface area contributed by atoms with Gasteiger partial charge >= 0.3 is 0 Å². The smallest absolute Gasteiger partial charge is 0.0368 e. The molecule has 0 radical (unpaired) electrons. The fourth-order valence-corrected chi connectivity index (χ4v) is 2.61. The van der Waals surface area contributed by atoms with Crippen molar-refractivity contribution in [1.29, 1.82) is 0 Å². The van der Waals surface area contributed by atoms with Crippen LogP contribution in [0.3, 0.4) is 0 Å². The summed E-state index contributed by atoms with van der Waals surface area (Å²) in [6.07, 6.45) is 2.66. The van der Waals surface area contributed by atoms with Gasteiger partial charge in [0, 0.05) is 18.8 Å². The van der Waals surface area contributed by atoms with Crippen molar-refractivity contribution in [2.75, 3.05) is 31.1 Å². The Hall–Kier alpha value is -1.02. The van der Waals surface area contributed by atoms with Crippen molar-refractivity contribution in [3.05, 3.63) is 29.8 Å². The molecule has 1 aliphatic rings. The maximum Gasteiger partial charge on any atom is 0.0368 e. The van der Waals surface area contributed by atoms with Gasteiger partial charge in [-0.3, -0.25) is 0 Å². The molecule has 2 rings (SSSR count). The molecule has 1 unspecified atom stereocenters. The molecular formula is C15H24N2. The Labute approximate surface area is 105 Å². The van der Waals surface area contributed by atoms with E-state index in [0.29, 0.717) is 0 Å². The molecule has 0 saturated carbocycles. The minimum absolute atomic E-state index is 0.870. The van der Waals surface area contributed by atoms with Crippen molar-refractivity contribution in [3.8, 4) is 0 Å². The highest BCUT2D eigenvalue weighted by atomic mass is 15.1. The van der Waals surface area contributed by atoms with Crippen LogP contribution in [0.2, 0.25) is 0 Å². The molecular weight excluding hydrogens is 208 g/mol. The number of rotatable bonds is 5. The van der Waals surface area contributed by atoms with Crippen LogP contribution in [0.5, 0.6) is 0 Å². The number of hydrogen-bond acceptors (Lipinski definition) is 2. The molecule has 1 aromatic carbocycles. The first-order valence-electron chi connectivity index (χ1n) is 6.82. The van der Waals surface area contributed by atoms with E-state index in [-0.39, 0.29) is 0 Å². The van der Waals surface area contributed by atoms with Crippen LogP contribution >= 0.6 is 0 Å². The molecule has 2 nitrogen and oxygen atoms in total. The third-order valence-corrected chi connectivity index (χ3v) is 3.63. The largest absolute Gasteiger partial charge is 0.371 e. The van der Waals surface area contributed by atoms with Crippen LogP contribution in [0.1, 0.15) is 25.3 Å². The van der Waals surface area contributed by atoms with Crippen molar-refractivity contribution in [2.45, 2.75) is 26.7 Å². The lowest BCUT2D eigenvalue weighted by molar-refractivity contribution is 0.510. The molecule has 0 spiro atoms. The number of nitrogens with one attached hydrogen (secondary N) is 1. The van der Waals surface area contributed by atoms with E-state index in [1.54, 1.807) is 0 Å². The maximum atomic E-state index is 3.42. The Kier molecular flexibility index (Phi) is 4.43. The van der Waals surface area contributed by atoms with E-state index >= 15 is 0 Å². The Morgan fingerprint density at radius 1 is 1.41 bits per heavy atom. The standard InChI is InChI=1S/C15H24N2/c1-3-16-9-7-14-8-10-17(12-14)15-6-4-5-13(2)11-15/h4-6,11,14,16H,3,7-10,12H2,1-2H3. The summed E-state index contributed by atoms with van der Waals surface area (Å²) in [5.74, 6) is 0.870. The summed E-state index contributed by atoms with van der Waals surface area (Å²) in [7, 11) is 0. The second-order valence-electron chi connectivity index (χ2n) is 5.08. The first kappa shape index (κ1) is 12.4. The fourth-order valence-electron chi connectivity index (χ4n) is 2.61. The molecule has 17 heavy (non-hydrogen) atoms. The molecule has 1 atom stereocenters. The van der Waals surface area contributed by atoms with E-state index in [0.717, 1.165) is 12.5 Å². The van der Waals surface area contributed by atoms with E-state index in [1.807, 2.05) is 0 Å². The average Bonchev–Trinajstić information content (AvgIpc) is 2.78. The molecule has 1 saturated heterocycles. The van der Waals surface area contributed by atoms with Gasteiger partial charge in [0.2, 0.25) is 0 Å². The van der Waals surface area contributed by atoms with Gasteiger partial charge in [-0.2, -0.15) is 0 Å². The van der Waals surface area contributed by atoms with Gasteiger partial charge < -0.3 is 10.2 Å². The van der Waals surface area contributed by atoms with Crippen LogP contribution in [0.4, 0.5) is 5.69 Å². The highest BCUT2D eigenvalue weighted by Crippen LogP contribution is 2.25. The lowest BCUT2D eigenvalue weighted by Crippen LogP contribution is -2.22. The SMILES string of the molecule is CCNCCC1CCN(c2cccc(C)c2)C1. The van der Waals surface area contributed by atoms with Crippen LogP contribution in [-0.4, -0.2) is 26.2 Å². The first-order chi connectivity index (χ1) is 8.29. The van der Waals surface area contributed by atoms with E-state index in [2.05, 4.69) is 48.3 Å².